The average molecular weight is 261 g/mol. The monoisotopic (exact) mass is 261 g/mol. The van der Waals surface area contributed by atoms with Gasteiger partial charge in [0.2, 0.25) is 0 Å². The van der Waals surface area contributed by atoms with Crippen molar-refractivity contribution in [1.29, 1.82) is 0 Å². The Labute approximate surface area is 112 Å². The van der Waals surface area contributed by atoms with Crippen LogP contribution in [0.4, 0.5) is 0 Å². The van der Waals surface area contributed by atoms with Gasteiger partial charge in [0.1, 0.15) is 5.82 Å². The molecule has 1 unspecified atom stereocenters. The number of aryl methyl sites for hydroxylation is 2. The van der Waals surface area contributed by atoms with Gasteiger partial charge >= 0.3 is 0 Å². The number of nitrogens with zero attached hydrogens (tertiary/aromatic N) is 2. The van der Waals surface area contributed by atoms with Gasteiger partial charge < -0.3 is 20.1 Å². The Morgan fingerprint density at radius 3 is 2.84 bits per heavy atom. The fraction of sp³-hybridized carbons (Fsp3) is 0.500. The number of hydrogen-bond donors (Lipinski definition) is 2. The quantitative estimate of drug-likeness (QED) is 0.842. The fourth-order valence-corrected chi connectivity index (χ4v) is 2.73. The zero-order valence-corrected chi connectivity index (χ0v) is 11.3. The molecule has 1 atom stereocenters. The molecule has 0 amide bonds. The van der Waals surface area contributed by atoms with Gasteiger partial charge in [0.15, 0.2) is 0 Å². The molecular weight excluding hydrogens is 242 g/mol. The van der Waals surface area contributed by atoms with Gasteiger partial charge in [0.05, 0.1) is 35.8 Å². The Bertz CT molecular complexity index is 616. The maximum absolute atomic E-state index is 10.2. The van der Waals surface area contributed by atoms with E-state index in [1.54, 1.807) is 0 Å². The summed E-state index contributed by atoms with van der Waals surface area (Å²) in [6, 6.07) is 6.14. The van der Waals surface area contributed by atoms with E-state index in [0.29, 0.717) is 13.2 Å². The van der Waals surface area contributed by atoms with Crippen LogP contribution in [0.25, 0.3) is 11.0 Å². The van der Waals surface area contributed by atoms with E-state index in [4.69, 9.17) is 10.5 Å². The van der Waals surface area contributed by atoms with Gasteiger partial charge in [0, 0.05) is 13.6 Å². The summed E-state index contributed by atoms with van der Waals surface area (Å²) in [5.74, 6) is 0.977. The molecule has 3 N–H and O–H groups in total. The van der Waals surface area contributed by atoms with E-state index in [2.05, 4.69) is 9.55 Å². The maximum Gasteiger partial charge on any atom is 0.106 e. The van der Waals surface area contributed by atoms with Crippen molar-refractivity contribution in [3.63, 3.8) is 0 Å². The van der Waals surface area contributed by atoms with Crippen LogP contribution >= 0.6 is 0 Å². The van der Waals surface area contributed by atoms with Gasteiger partial charge in [0.25, 0.3) is 0 Å². The number of rotatable bonds is 3. The van der Waals surface area contributed by atoms with Crippen molar-refractivity contribution in [1.82, 2.24) is 9.55 Å². The molecule has 1 fully saturated rings. The number of imidazole rings is 1. The average Bonchev–Trinajstić information content (AvgIpc) is 2.63. The van der Waals surface area contributed by atoms with Crippen LogP contribution in [-0.4, -0.2) is 40.5 Å². The molecule has 0 spiro atoms. The second-order valence-corrected chi connectivity index (χ2v) is 5.32. The van der Waals surface area contributed by atoms with Gasteiger partial charge in [-0.2, -0.15) is 0 Å². The summed E-state index contributed by atoms with van der Waals surface area (Å²) in [6.45, 7) is 3.25. The van der Waals surface area contributed by atoms with E-state index in [9.17, 15) is 5.11 Å². The second-order valence-electron chi connectivity index (χ2n) is 5.32. The van der Waals surface area contributed by atoms with E-state index < -0.39 is 6.10 Å². The van der Waals surface area contributed by atoms with Crippen molar-refractivity contribution < 1.29 is 9.84 Å². The third kappa shape index (κ3) is 1.69. The fourth-order valence-electron chi connectivity index (χ4n) is 2.73. The van der Waals surface area contributed by atoms with Crippen molar-refractivity contribution in [3.05, 3.63) is 29.6 Å². The van der Waals surface area contributed by atoms with Crippen molar-refractivity contribution >= 4 is 11.0 Å². The minimum absolute atomic E-state index is 0.239. The number of benzene rings is 1. The lowest BCUT2D eigenvalue weighted by molar-refractivity contribution is -0.116. The Balaban J connectivity index is 2.10. The van der Waals surface area contributed by atoms with E-state index in [0.717, 1.165) is 22.4 Å². The van der Waals surface area contributed by atoms with Gasteiger partial charge in [-0.3, -0.25) is 0 Å². The molecule has 5 heteroatoms. The molecular formula is C14H19N3O2. The molecule has 1 aromatic heterocycles. The first-order chi connectivity index (χ1) is 9.08. The lowest BCUT2D eigenvalue weighted by Crippen LogP contribution is -2.57. The number of ether oxygens (including phenoxy) is 1. The van der Waals surface area contributed by atoms with E-state index >= 15 is 0 Å². The number of aromatic nitrogens is 2. The first-order valence-corrected chi connectivity index (χ1v) is 6.48. The summed E-state index contributed by atoms with van der Waals surface area (Å²) >= 11 is 0. The van der Waals surface area contributed by atoms with Crippen molar-refractivity contribution in [2.24, 2.45) is 12.8 Å². The molecule has 0 saturated carbocycles. The normalized spacial score (nSPS) is 19.4. The molecule has 102 valence electrons. The van der Waals surface area contributed by atoms with Crippen LogP contribution in [-0.2, 0) is 17.2 Å². The number of hydrogen-bond acceptors (Lipinski definition) is 4. The first kappa shape index (κ1) is 12.6. The summed E-state index contributed by atoms with van der Waals surface area (Å²) in [5, 5.41) is 10.2. The summed E-state index contributed by atoms with van der Waals surface area (Å²) in [7, 11) is 2.00. The minimum Gasteiger partial charge on any atom is -0.391 e. The Hall–Kier alpha value is -1.43. The molecule has 2 heterocycles. The molecule has 1 aromatic carbocycles. The van der Waals surface area contributed by atoms with E-state index in [-0.39, 0.29) is 12.0 Å². The van der Waals surface area contributed by atoms with Crippen molar-refractivity contribution in [2.75, 3.05) is 19.8 Å². The molecule has 0 aliphatic carbocycles. The van der Waals surface area contributed by atoms with Gasteiger partial charge in [-0.15, -0.1) is 0 Å². The third-order valence-electron chi connectivity index (χ3n) is 4.26. The number of nitrogens with two attached hydrogens (primary N) is 1. The minimum atomic E-state index is -0.580. The smallest absolute Gasteiger partial charge is 0.106 e. The molecule has 0 radical (unpaired) electrons. The van der Waals surface area contributed by atoms with Crippen LogP contribution in [0.3, 0.4) is 0 Å². The summed E-state index contributed by atoms with van der Waals surface area (Å²) in [6.07, 6.45) is -0.580. The Morgan fingerprint density at radius 2 is 2.26 bits per heavy atom. The summed E-state index contributed by atoms with van der Waals surface area (Å²) in [4.78, 5) is 4.54. The van der Waals surface area contributed by atoms with Crippen LogP contribution < -0.4 is 5.73 Å². The molecule has 0 bridgehead atoms. The third-order valence-corrected chi connectivity index (χ3v) is 4.26. The number of aliphatic hydroxyl groups is 1. The Morgan fingerprint density at radius 1 is 1.53 bits per heavy atom. The first-order valence-electron chi connectivity index (χ1n) is 6.48. The van der Waals surface area contributed by atoms with E-state index in [1.807, 2.05) is 32.2 Å². The molecule has 5 nitrogen and oxygen atoms in total. The largest absolute Gasteiger partial charge is 0.391 e. The van der Waals surface area contributed by atoms with Crippen LogP contribution in [0.5, 0.6) is 0 Å². The number of fused-ring (bicyclic) bond motifs is 1. The maximum atomic E-state index is 10.2. The van der Waals surface area contributed by atoms with Crippen LogP contribution in [0.15, 0.2) is 18.2 Å². The highest BCUT2D eigenvalue weighted by Gasteiger charge is 2.46. The zero-order valence-electron chi connectivity index (χ0n) is 11.3. The van der Waals surface area contributed by atoms with Crippen LogP contribution in [0.1, 0.15) is 11.4 Å². The molecule has 2 aromatic rings. The van der Waals surface area contributed by atoms with Gasteiger partial charge in [-0.1, -0.05) is 6.07 Å². The number of aliphatic hydroxyl groups excluding tert-OH is 1. The standard InChI is InChI=1S/C14H19N3O2/c1-9-16-11-5-10(3-4-12(11)17(9)2)14(7-19-8-14)13(18)6-15/h3-5,13,18H,6-8,15H2,1-2H3. The highest BCUT2D eigenvalue weighted by molar-refractivity contribution is 5.77. The molecule has 19 heavy (non-hydrogen) atoms. The van der Waals surface area contributed by atoms with Gasteiger partial charge in [-0.05, 0) is 24.6 Å². The molecule has 1 saturated heterocycles. The van der Waals surface area contributed by atoms with Crippen molar-refractivity contribution in [2.45, 2.75) is 18.4 Å². The van der Waals surface area contributed by atoms with E-state index in [1.165, 1.54) is 0 Å². The predicted molar refractivity (Wildman–Crippen MR) is 73.0 cm³/mol. The lowest BCUT2D eigenvalue weighted by atomic mass is 9.73. The molecule has 3 rings (SSSR count). The predicted octanol–water partition coefficient (Wildman–Crippen LogP) is 0.469. The SMILES string of the molecule is Cc1nc2cc(C3(C(O)CN)COC3)ccc2n1C. The second kappa shape index (κ2) is 4.30. The van der Waals surface area contributed by atoms with Crippen LogP contribution in [0.2, 0.25) is 0 Å². The summed E-state index contributed by atoms with van der Waals surface area (Å²) < 4.78 is 7.37. The molecule has 1 aliphatic heterocycles. The van der Waals surface area contributed by atoms with Crippen molar-refractivity contribution in [3.8, 4) is 0 Å². The highest BCUT2D eigenvalue weighted by Crippen LogP contribution is 2.36. The molecule has 1 aliphatic rings. The Kier molecular flexibility index (Phi) is 2.85. The highest BCUT2D eigenvalue weighted by atomic mass is 16.5. The van der Waals surface area contributed by atoms with Crippen LogP contribution in [0, 0.1) is 6.92 Å². The zero-order chi connectivity index (χ0) is 13.6. The van der Waals surface area contributed by atoms with Gasteiger partial charge in [-0.25, -0.2) is 4.98 Å². The summed E-state index contributed by atoms with van der Waals surface area (Å²) in [5.41, 5.74) is 8.36. The lowest BCUT2D eigenvalue weighted by Gasteiger charge is -2.45. The topological polar surface area (TPSA) is 73.3 Å².